The van der Waals surface area contributed by atoms with Crippen molar-refractivity contribution >= 4 is 23.6 Å². The van der Waals surface area contributed by atoms with Gasteiger partial charge in [-0.1, -0.05) is 24.3 Å². The van der Waals surface area contributed by atoms with Crippen molar-refractivity contribution in [2.24, 2.45) is 0 Å². The lowest BCUT2D eigenvalue weighted by atomic mass is 10.0. The fourth-order valence-corrected chi connectivity index (χ4v) is 2.69. The minimum absolute atomic E-state index is 0.00403. The second kappa shape index (κ2) is 9.56. The summed E-state index contributed by atoms with van der Waals surface area (Å²) >= 11 is 0. The molecule has 4 N–H and O–H groups in total. The number of benzene rings is 2. The number of nitrogens with zero attached hydrogens (tertiary/aromatic N) is 2. The molecule has 0 aromatic heterocycles. The van der Waals surface area contributed by atoms with Gasteiger partial charge in [0.05, 0.1) is 26.3 Å². The van der Waals surface area contributed by atoms with Crippen molar-refractivity contribution in [3.8, 4) is 0 Å². The van der Waals surface area contributed by atoms with Crippen LogP contribution < -0.4 is 9.80 Å². The van der Waals surface area contributed by atoms with Crippen LogP contribution in [0, 0.1) is 0 Å². The zero-order valence-electron chi connectivity index (χ0n) is 14.7. The van der Waals surface area contributed by atoms with Crippen molar-refractivity contribution < 1.29 is 30.0 Å². The number of hydrogen-bond donors (Lipinski definition) is 4. The van der Waals surface area contributed by atoms with Gasteiger partial charge in [-0.2, -0.15) is 0 Å². The number of aliphatic hydroxyl groups is 2. The summed E-state index contributed by atoms with van der Waals surface area (Å²) in [7, 11) is 0. The number of carbonyl (C=O) groups is 2. The molecule has 0 saturated carbocycles. The smallest absolute Gasteiger partial charge is 0.411 e. The van der Waals surface area contributed by atoms with Gasteiger partial charge >= 0.3 is 12.2 Å². The van der Waals surface area contributed by atoms with Crippen molar-refractivity contribution in [2.75, 3.05) is 36.1 Å². The highest BCUT2D eigenvalue weighted by molar-refractivity contribution is 5.86. The van der Waals surface area contributed by atoms with Crippen LogP contribution in [0.2, 0.25) is 0 Å². The van der Waals surface area contributed by atoms with Gasteiger partial charge < -0.3 is 20.4 Å². The van der Waals surface area contributed by atoms with Gasteiger partial charge in [-0.25, -0.2) is 9.59 Å². The zero-order valence-corrected chi connectivity index (χ0v) is 14.7. The summed E-state index contributed by atoms with van der Waals surface area (Å²) in [6.07, 6.45) is -1.66. The lowest BCUT2D eigenvalue weighted by molar-refractivity contribution is 0.197. The third-order valence-corrected chi connectivity index (χ3v) is 4.01. The molecule has 0 aliphatic carbocycles. The summed E-state index contributed by atoms with van der Waals surface area (Å²) in [5.41, 5.74) is 2.89. The lowest BCUT2D eigenvalue weighted by Gasteiger charge is -2.19. The number of carboxylic acid groups (broad SMARTS) is 2. The zero-order chi connectivity index (χ0) is 19.8. The van der Waals surface area contributed by atoms with E-state index in [1.807, 2.05) is 24.3 Å². The molecule has 2 amide bonds. The van der Waals surface area contributed by atoms with Crippen LogP contribution in [-0.2, 0) is 6.42 Å². The molecule has 0 aliphatic heterocycles. The van der Waals surface area contributed by atoms with Crippen LogP contribution in [0.5, 0.6) is 0 Å². The van der Waals surface area contributed by atoms with Crippen LogP contribution in [0.1, 0.15) is 11.1 Å². The molecule has 0 atom stereocenters. The van der Waals surface area contributed by atoms with Gasteiger partial charge in [0, 0.05) is 11.4 Å². The Bertz CT molecular complexity index is 695. The SMILES string of the molecule is O=C(O)N(CCO)c1ccc(Cc2ccc(N(CCO)C(=O)O)cc2)cc1. The largest absolute Gasteiger partial charge is 0.465 e. The number of anilines is 2. The Morgan fingerprint density at radius 1 is 0.667 bits per heavy atom. The molecule has 0 unspecified atom stereocenters. The van der Waals surface area contributed by atoms with E-state index in [0.717, 1.165) is 20.9 Å². The van der Waals surface area contributed by atoms with Crippen LogP contribution >= 0.6 is 0 Å². The standard InChI is InChI=1S/C19H22N2O6/c22-11-9-20(18(24)25)16-5-1-14(2-6-16)13-15-3-7-17(8-4-15)21(10-12-23)19(26)27/h1-8,22-23H,9-13H2,(H,24,25)(H,26,27). The van der Waals surface area contributed by atoms with Gasteiger partial charge in [-0.05, 0) is 41.8 Å². The van der Waals surface area contributed by atoms with Crippen LogP contribution in [0.3, 0.4) is 0 Å². The van der Waals surface area contributed by atoms with E-state index in [0.29, 0.717) is 17.8 Å². The molecule has 2 aromatic carbocycles. The highest BCUT2D eigenvalue weighted by atomic mass is 16.4. The Morgan fingerprint density at radius 2 is 1.00 bits per heavy atom. The van der Waals surface area contributed by atoms with Gasteiger partial charge in [0.1, 0.15) is 0 Å². The minimum Gasteiger partial charge on any atom is -0.465 e. The second-order valence-electron chi connectivity index (χ2n) is 5.83. The summed E-state index contributed by atoms with van der Waals surface area (Å²) in [6.45, 7) is -0.512. The Morgan fingerprint density at radius 3 is 1.26 bits per heavy atom. The maximum Gasteiger partial charge on any atom is 0.411 e. The monoisotopic (exact) mass is 374 g/mol. The molecular weight excluding hydrogens is 352 g/mol. The molecule has 2 aromatic rings. The van der Waals surface area contributed by atoms with E-state index in [-0.39, 0.29) is 26.3 Å². The number of amides is 2. The molecule has 0 aliphatic rings. The first-order chi connectivity index (χ1) is 13.0. The quantitative estimate of drug-likeness (QED) is 0.562. The van der Waals surface area contributed by atoms with E-state index in [1.165, 1.54) is 0 Å². The molecule has 0 fully saturated rings. The van der Waals surface area contributed by atoms with Crippen LogP contribution in [0.4, 0.5) is 21.0 Å². The van der Waals surface area contributed by atoms with Crippen molar-refractivity contribution in [2.45, 2.75) is 6.42 Å². The van der Waals surface area contributed by atoms with Crippen molar-refractivity contribution in [1.82, 2.24) is 0 Å². The molecule has 0 spiro atoms. The predicted octanol–water partition coefficient (Wildman–Crippen LogP) is 2.23. The van der Waals surface area contributed by atoms with E-state index < -0.39 is 12.2 Å². The molecule has 2 rings (SSSR count). The summed E-state index contributed by atoms with van der Waals surface area (Å²) in [5, 5.41) is 36.3. The van der Waals surface area contributed by atoms with Gasteiger partial charge in [-0.3, -0.25) is 9.80 Å². The van der Waals surface area contributed by atoms with E-state index in [1.54, 1.807) is 24.3 Å². The highest BCUT2D eigenvalue weighted by Crippen LogP contribution is 2.20. The van der Waals surface area contributed by atoms with Gasteiger partial charge in [0.25, 0.3) is 0 Å². The first-order valence-electron chi connectivity index (χ1n) is 8.36. The van der Waals surface area contributed by atoms with Crippen molar-refractivity contribution in [3.05, 3.63) is 59.7 Å². The van der Waals surface area contributed by atoms with Gasteiger partial charge in [0.15, 0.2) is 0 Å². The number of hydrogen-bond acceptors (Lipinski definition) is 4. The van der Waals surface area contributed by atoms with Crippen molar-refractivity contribution in [3.63, 3.8) is 0 Å². The number of aliphatic hydroxyl groups excluding tert-OH is 2. The van der Waals surface area contributed by atoms with Crippen LogP contribution in [-0.4, -0.2) is 58.9 Å². The molecule has 27 heavy (non-hydrogen) atoms. The molecule has 144 valence electrons. The minimum atomic E-state index is -1.13. The Labute approximate surface area is 156 Å². The average Bonchev–Trinajstić information content (AvgIpc) is 2.65. The maximum absolute atomic E-state index is 11.2. The summed E-state index contributed by atoms with van der Waals surface area (Å²) in [4.78, 5) is 24.5. The summed E-state index contributed by atoms with van der Waals surface area (Å²) < 4.78 is 0. The van der Waals surface area contributed by atoms with Crippen LogP contribution in [0.25, 0.3) is 0 Å². The summed E-state index contributed by atoms with van der Waals surface area (Å²) in [6, 6.07) is 14.0. The first kappa shape index (κ1) is 20.2. The molecule has 0 saturated heterocycles. The third-order valence-electron chi connectivity index (χ3n) is 4.01. The Hall–Kier alpha value is -3.10. The first-order valence-corrected chi connectivity index (χ1v) is 8.36. The highest BCUT2D eigenvalue weighted by Gasteiger charge is 2.14. The topological polar surface area (TPSA) is 122 Å². The molecule has 0 bridgehead atoms. The summed E-state index contributed by atoms with van der Waals surface area (Å²) in [5.74, 6) is 0. The molecule has 0 heterocycles. The van der Waals surface area contributed by atoms with Gasteiger partial charge in [0.2, 0.25) is 0 Å². The molecule has 0 radical (unpaired) electrons. The second-order valence-corrected chi connectivity index (χ2v) is 5.83. The van der Waals surface area contributed by atoms with Crippen LogP contribution in [0.15, 0.2) is 48.5 Å². The van der Waals surface area contributed by atoms with Crippen molar-refractivity contribution in [1.29, 1.82) is 0 Å². The predicted molar refractivity (Wildman–Crippen MR) is 101 cm³/mol. The van der Waals surface area contributed by atoms with E-state index in [2.05, 4.69) is 0 Å². The van der Waals surface area contributed by atoms with E-state index in [9.17, 15) is 9.59 Å². The average molecular weight is 374 g/mol. The number of rotatable bonds is 8. The molecule has 8 nitrogen and oxygen atoms in total. The Kier molecular flexibility index (Phi) is 7.16. The normalized spacial score (nSPS) is 10.4. The van der Waals surface area contributed by atoms with E-state index in [4.69, 9.17) is 20.4 Å². The molecule has 8 heteroatoms. The Balaban J connectivity index is 2.09. The third kappa shape index (κ3) is 5.44. The van der Waals surface area contributed by atoms with Gasteiger partial charge in [-0.15, -0.1) is 0 Å². The van der Waals surface area contributed by atoms with E-state index >= 15 is 0 Å². The molecular formula is C19H22N2O6. The maximum atomic E-state index is 11.2. The fraction of sp³-hybridized carbons (Fsp3) is 0.263. The fourth-order valence-electron chi connectivity index (χ4n) is 2.69. The lowest BCUT2D eigenvalue weighted by Crippen LogP contribution is -2.31.